The zero-order valence-corrected chi connectivity index (χ0v) is 12.3. The smallest absolute Gasteiger partial charge is 0.407 e. The molecule has 4 rings (SSSR count). The minimum absolute atomic E-state index is 0.00303. The van der Waals surface area contributed by atoms with Gasteiger partial charge in [-0.15, -0.1) is 0 Å². The van der Waals surface area contributed by atoms with E-state index in [1.807, 2.05) is 18.2 Å². The molecule has 0 aromatic heterocycles. The number of fused-ring (bicyclic) bond motifs is 1. The van der Waals surface area contributed by atoms with E-state index in [9.17, 15) is 9.59 Å². The molecule has 1 aromatic carbocycles. The summed E-state index contributed by atoms with van der Waals surface area (Å²) < 4.78 is 10.9. The molecule has 2 fully saturated rings. The molecule has 1 atom stereocenters. The van der Waals surface area contributed by atoms with Crippen LogP contribution in [0.5, 0.6) is 5.75 Å². The average molecular weight is 302 g/mol. The van der Waals surface area contributed by atoms with E-state index in [1.165, 1.54) is 0 Å². The van der Waals surface area contributed by atoms with Gasteiger partial charge in [-0.05, 0) is 36.6 Å². The van der Waals surface area contributed by atoms with Crippen LogP contribution in [0, 0.1) is 0 Å². The predicted octanol–water partition coefficient (Wildman–Crippen LogP) is 1.34. The fourth-order valence-corrected chi connectivity index (χ4v) is 3.50. The molecule has 3 heterocycles. The molecule has 1 spiro atoms. The summed E-state index contributed by atoms with van der Waals surface area (Å²) in [5.41, 5.74) is 1.22. The number of carbonyl (C=O) groups is 2. The maximum atomic E-state index is 12.7. The summed E-state index contributed by atoms with van der Waals surface area (Å²) in [5.74, 6) is 0.873. The van der Waals surface area contributed by atoms with Crippen LogP contribution < -0.4 is 10.1 Å². The number of rotatable bonds is 1. The third-order valence-electron chi connectivity index (χ3n) is 4.63. The Bertz CT molecular complexity index is 645. The van der Waals surface area contributed by atoms with Gasteiger partial charge in [-0.3, -0.25) is 4.79 Å². The number of carbonyl (C=O) groups excluding carboxylic acids is 2. The van der Waals surface area contributed by atoms with Gasteiger partial charge in [-0.2, -0.15) is 0 Å². The minimum atomic E-state index is -0.551. The van der Waals surface area contributed by atoms with Gasteiger partial charge in [0.05, 0.1) is 19.7 Å². The fourth-order valence-electron chi connectivity index (χ4n) is 3.50. The molecule has 116 valence electrons. The van der Waals surface area contributed by atoms with Gasteiger partial charge in [0, 0.05) is 18.5 Å². The van der Waals surface area contributed by atoms with Crippen LogP contribution in [0.1, 0.15) is 28.8 Å². The van der Waals surface area contributed by atoms with Crippen LogP contribution in [0.25, 0.3) is 0 Å². The second-order valence-electron chi connectivity index (χ2n) is 6.18. The van der Waals surface area contributed by atoms with Crippen molar-refractivity contribution in [3.63, 3.8) is 0 Å². The summed E-state index contributed by atoms with van der Waals surface area (Å²) in [7, 11) is 0. The Morgan fingerprint density at radius 2 is 2.27 bits per heavy atom. The van der Waals surface area contributed by atoms with Gasteiger partial charge in [0.15, 0.2) is 0 Å². The summed E-state index contributed by atoms with van der Waals surface area (Å²) in [6, 6.07) is 5.60. The summed E-state index contributed by atoms with van der Waals surface area (Å²) >= 11 is 0. The van der Waals surface area contributed by atoms with E-state index in [2.05, 4.69) is 5.32 Å². The van der Waals surface area contributed by atoms with Crippen molar-refractivity contribution in [2.75, 3.05) is 26.2 Å². The standard InChI is InChI=1S/C16H18N2O4/c19-14(12-2-3-13-11(8-12)4-7-21-13)18-6-1-5-16(10-18)9-17-15(20)22-16/h2-3,8H,1,4-7,9-10H2,(H,17,20)/t16-/m1/s1. The van der Waals surface area contributed by atoms with Gasteiger partial charge in [-0.25, -0.2) is 4.79 Å². The Morgan fingerprint density at radius 1 is 1.36 bits per heavy atom. The second kappa shape index (κ2) is 4.90. The average Bonchev–Trinajstić information content (AvgIpc) is 3.13. The quantitative estimate of drug-likeness (QED) is 0.850. The maximum absolute atomic E-state index is 12.7. The molecule has 2 amide bonds. The summed E-state index contributed by atoms with van der Waals surface area (Å²) in [6.07, 6.45) is 2.11. The van der Waals surface area contributed by atoms with Gasteiger partial charge in [0.25, 0.3) is 5.91 Å². The SMILES string of the molecule is O=C1NC[C@@]2(CCCN(C(=O)c3ccc4c(c3)CCO4)C2)O1. The highest BCUT2D eigenvalue weighted by Crippen LogP contribution is 2.30. The Morgan fingerprint density at radius 3 is 3.09 bits per heavy atom. The Kier molecular flexibility index (Phi) is 2.99. The summed E-state index contributed by atoms with van der Waals surface area (Å²) in [6.45, 7) is 2.32. The predicted molar refractivity (Wildman–Crippen MR) is 78.0 cm³/mol. The highest BCUT2D eigenvalue weighted by atomic mass is 16.6. The van der Waals surface area contributed by atoms with E-state index >= 15 is 0 Å². The molecule has 3 aliphatic rings. The normalized spacial score (nSPS) is 26.4. The van der Waals surface area contributed by atoms with Crippen molar-refractivity contribution in [3.05, 3.63) is 29.3 Å². The molecule has 0 radical (unpaired) electrons. The van der Waals surface area contributed by atoms with Gasteiger partial charge in [0.2, 0.25) is 0 Å². The molecule has 3 aliphatic heterocycles. The summed E-state index contributed by atoms with van der Waals surface area (Å²) in [5, 5.41) is 2.70. The van der Waals surface area contributed by atoms with Crippen LogP contribution in [0.3, 0.4) is 0 Å². The van der Waals surface area contributed by atoms with Crippen molar-refractivity contribution in [2.24, 2.45) is 0 Å². The van der Waals surface area contributed by atoms with Crippen LogP contribution in [-0.2, 0) is 11.2 Å². The molecule has 2 saturated heterocycles. The lowest BCUT2D eigenvalue weighted by Gasteiger charge is -2.38. The zero-order chi connectivity index (χ0) is 15.2. The van der Waals surface area contributed by atoms with Gasteiger partial charge in [-0.1, -0.05) is 0 Å². The number of hydrogen-bond donors (Lipinski definition) is 1. The monoisotopic (exact) mass is 302 g/mol. The van der Waals surface area contributed by atoms with E-state index < -0.39 is 5.60 Å². The lowest BCUT2D eigenvalue weighted by Crippen LogP contribution is -2.52. The van der Waals surface area contributed by atoms with Gasteiger partial charge >= 0.3 is 6.09 Å². The van der Waals surface area contributed by atoms with Crippen molar-refractivity contribution in [1.82, 2.24) is 10.2 Å². The lowest BCUT2D eigenvalue weighted by molar-refractivity contribution is -0.00504. The Balaban J connectivity index is 1.54. The first-order valence-corrected chi connectivity index (χ1v) is 7.67. The molecule has 1 N–H and O–H groups in total. The van der Waals surface area contributed by atoms with Crippen LogP contribution in [-0.4, -0.2) is 48.7 Å². The van der Waals surface area contributed by atoms with E-state index in [4.69, 9.17) is 9.47 Å². The zero-order valence-electron chi connectivity index (χ0n) is 12.3. The number of ether oxygens (including phenoxy) is 2. The first-order chi connectivity index (χ1) is 10.7. The molecule has 22 heavy (non-hydrogen) atoms. The number of likely N-dealkylation sites (tertiary alicyclic amines) is 1. The van der Waals surface area contributed by atoms with Crippen molar-refractivity contribution < 1.29 is 19.1 Å². The first-order valence-electron chi connectivity index (χ1n) is 7.67. The van der Waals surface area contributed by atoms with Crippen molar-refractivity contribution in [3.8, 4) is 5.75 Å². The molecule has 0 bridgehead atoms. The topological polar surface area (TPSA) is 67.9 Å². The molecular formula is C16H18N2O4. The molecule has 6 heteroatoms. The van der Waals surface area contributed by atoms with E-state index in [0.717, 1.165) is 30.6 Å². The van der Waals surface area contributed by atoms with Crippen LogP contribution in [0.15, 0.2) is 18.2 Å². The molecular weight excluding hydrogens is 284 g/mol. The Hall–Kier alpha value is -2.24. The number of nitrogens with one attached hydrogen (secondary N) is 1. The lowest BCUT2D eigenvalue weighted by atomic mass is 9.92. The third kappa shape index (κ3) is 2.19. The van der Waals surface area contributed by atoms with Crippen LogP contribution in [0.2, 0.25) is 0 Å². The number of nitrogens with zero attached hydrogens (tertiary/aromatic N) is 1. The number of hydrogen-bond acceptors (Lipinski definition) is 4. The summed E-state index contributed by atoms with van der Waals surface area (Å²) in [4.78, 5) is 25.9. The first kappa shape index (κ1) is 13.4. The number of amides is 2. The number of piperidine rings is 1. The highest BCUT2D eigenvalue weighted by Gasteiger charge is 2.44. The Labute approximate surface area is 128 Å². The van der Waals surface area contributed by atoms with Crippen molar-refractivity contribution in [1.29, 1.82) is 0 Å². The van der Waals surface area contributed by atoms with E-state index in [0.29, 0.717) is 31.8 Å². The van der Waals surface area contributed by atoms with Crippen LogP contribution >= 0.6 is 0 Å². The maximum Gasteiger partial charge on any atom is 0.407 e. The molecule has 0 unspecified atom stereocenters. The van der Waals surface area contributed by atoms with E-state index in [1.54, 1.807) is 4.90 Å². The highest BCUT2D eigenvalue weighted by molar-refractivity contribution is 5.95. The molecule has 0 aliphatic carbocycles. The fraction of sp³-hybridized carbons (Fsp3) is 0.500. The second-order valence-corrected chi connectivity index (χ2v) is 6.18. The van der Waals surface area contributed by atoms with Crippen LogP contribution in [0.4, 0.5) is 4.79 Å². The largest absolute Gasteiger partial charge is 0.493 e. The van der Waals surface area contributed by atoms with Crippen molar-refractivity contribution in [2.45, 2.75) is 24.9 Å². The molecule has 0 saturated carbocycles. The van der Waals surface area contributed by atoms with E-state index in [-0.39, 0.29) is 12.0 Å². The van der Waals surface area contributed by atoms with Gasteiger partial charge in [0.1, 0.15) is 11.4 Å². The number of benzene rings is 1. The van der Waals surface area contributed by atoms with Crippen molar-refractivity contribution >= 4 is 12.0 Å². The van der Waals surface area contributed by atoms with Gasteiger partial charge < -0.3 is 19.7 Å². The third-order valence-corrected chi connectivity index (χ3v) is 4.63. The minimum Gasteiger partial charge on any atom is -0.493 e. The number of alkyl carbamates (subject to hydrolysis) is 1. The molecule has 6 nitrogen and oxygen atoms in total. The molecule has 1 aromatic rings.